The summed E-state index contributed by atoms with van der Waals surface area (Å²) in [6.07, 6.45) is -4.47. The third kappa shape index (κ3) is 3.66. The van der Waals surface area contributed by atoms with Gasteiger partial charge in [0, 0.05) is 12.1 Å². The Hall–Kier alpha value is -2.45. The molecule has 126 valence electrons. The molecular formula is C14H14F3NO5. The van der Waals surface area contributed by atoms with Gasteiger partial charge in [0.2, 0.25) is 0 Å². The molecule has 1 aliphatic rings. The van der Waals surface area contributed by atoms with Gasteiger partial charge in [0.25, 0.3) is 5.91 Å². The number of esters is 1. The number of benzene rings is 1. The van der Waals surface area contributed by atoms with Gasteiger partial charge in [-0.1, -0.05) is 0 Å². The molecule has 0 saturated carbocycles. The molecular weight excluding hydrogens is 319 g/mol. The van der Waals surface area contributed by atoms with Crippen molar-refractivity contribution in [2.75, 3.05) is 20.8 Å². The van der Waals surface area contributed by atoms with Crippen LogP contribution in [0.5, 0.6) is 11.5 Å². The van der Waals surface area contributed by atoms with Gasteiger partial charge in [0.05, 0.1) is 14.2 Å². The highest BCUT2D eigenvalue weighted by atomic mass is 19.4. The first-order valence-electron chi connectivity index (χ1n) is 6.59. The number of ether oxygens (including phenoxy) is 3. The first kappa shape index (κ1) is 16.9. The van der Waals surface area contributed by atoms with Crippen LogP contribution in [0.25, 0.3) is 0 Å². The van der Waals surface area contributed by atoms with Crippen LogP contribution >= 0.6 is 0 Å². The Morgan fingerprint density at radius 3 is 2.39 bits per heavy atom. The van der Waals surface area contributed by atoms with Crippen molar-refractivity contribution in [2.24, 2.45) is 0 Å². The van der Waals surface area contributed by atoms with E-state index in [1.165, 1.54) is 31.3 Å². The average molecular weight is 333 g/mol. The summed E-state index contributed by atoms with van der Waals surface area (Å²) < 4.78 is 50.4. The number of carbonyl (C=O) groups is 2. The van der Waals surface area contributed by atoms with Gasteiger partial charge in [-0.15, -0.1) is 13.2 Å². The van der Waals surface area contributed by atoms with Crippen LogP contribution in [0.1, 0.15) is 16.8 Å². The molecule has 0 N–H and O–H groups in total. The molecule has 0 aromatic heterocycles. The van der Waals surface area contributed by atoms with Crippen LogP contribution in [0, 0.1) is 0 Å². The van der Waals surface area contributed by atoms with Gasteiger partial charge in [0.1, 0.15) is 6.04 Å². The molecule has 0 bridgehead atoms. The van der Waals surface area contributed by atoms with Crippen molar-refractivity contribution in [1.82, 2.24) is 4.90 Å². The molecule has 6 nitrogen and oxygen atoms in total. The van der Waals surface area contributed by atoms with Crippen molar-refractivity contribution in [3.8, 4) is 11.5 Å². The average Bonchev–Trinajstić information content (AvgIpc) is 2.44. The molecule has 0 radical (unpaired) electrons. The van der Waals surface area contributed by atoms with Crippen LogP contribution in [-0.2, 0) is 9.53 Å². The van der Waals surface area contributed by atoms with Gasteiger partial charge in [-0.2, -0.15) is 0 Å². The molecule has 0 aliphatic carbocycles. The van der Waals surface area contributed by atoms with Gasteiger partial charge < -0.3 is 19.1 Å². The zero-order chi connectivity index (χ0) is 17.2. The predicted molar refractivity (Wildman–Crippen MR) is 71.1 cm³/mol. The van der Waals surface area contributed by atoms with E-state index in [2.05, 4.69) is 9.47 Å². The molecule has 9 heteroatoms. The van der Waals surface area contributed by atoms with Crippen molar-refractivity contribution in [3.05, 3.63) is 23.8 Å². The third-order valence-corrected chi connectivity index (χ3v) is 3.39. The van der Waals surface area contributed by atoms with Gasteiger partial charge in [-0.25, -0.2) is 4.79 Å². The lowest BCUT2D eigenvalue weighted by Crippen LogP contribution is -2.55. The minimum Gasteiger partial charge on any atom is -0.493 e. The maximum atomic E-state index is 12.4. The summed E-state index contributed by atoms with van der Waals surface area (Å²) >= 11 is 0. The summed E-state index contributed by atoms with van der Waals surface area (Å²) in [4.78, 5) is 25.0. The van der Waals surface area contributed by atoms with Gasteiger partial charge >= 0.3 is 12.3 Å². The molecule has 1 aliphatic heterocycles. The summed E-state index contributed by atoms with van der Waals surface area (Å²) in [6.45, 7) is 0.320. The zero-order valence-corrected chi connectivity index (χ0v) is 12.3. The number of nitrogens with zero attached hydrogens (tertiary/aromatic N) is 1. The van der Waals surface area contributed by atoms with Crippen LogP contribution in [0.4, 0.5) is 13.2 Å². The lowest BCUT2D eigenvalue weighted by Gasteiger charge is -2.38. The summed E-state index contributed by atoms with van der Waals surface area (Å²) in [7, 11) is 2.38. The molecule has 0 unspecified atom stereocenters. The normalized spacial score (nSPS) is 17.3. The van der Waals surface area contributed by atoms with Crippen molar-refractivity contribution in [3.63, 3.8) is 0 Å². The Labute approximate surface area is 129 Å². The highest BCUT2D eigenvalue weighted by Crippen LogP contribution is 2.34. The maximum absolute atomic E-state index is 12.4. The fourth-order valence-corrected chi connectivity index (χ4v) is 2.19. The predicted octanol–water partition coefficient (Wildman–Crippen LogP) is 1.98. The zero-order valence-electron chi connectivity index (χ0n) is 12.3. The lowest BCUT2D eigenvalue weighted by molar-refractivity contribution is -0.275. The van der Waals surface area contributed by atoms with E-state index in [1.807, 2.05) is 0 Å². The quantitative estimate of drug-likeness (QED) is 0.789. The SMILES string of the molecule is COC(=O)[C@H]1CCN1C(=O)c1ccc(OC)c(OC(F)(F)F)c1. The standard InChI is InChI=1S/C14H14F3NO5/c1-21-10-4-3-8(7-11(10)23-14(15,16)17)12(19)18-6-5-9(18)13(20)22-2/h3-4,7,9H,5-6H2,1-2H3/t9-/m1/s1. The van der Waals surface area contributed by atoms with Crippen molar-refractivity contribution >= 4 is 11.9 Å². The maximum Gasteiger partial charge on any atom is 0.573 e. The summed E-state index contributed by atoms with van der Waals surface area (Å²) in [5, 5.41) is 0. The van der Waals surface area contributed by atoms with E-state index >= 15 is 0 Å². The number of carbonyl (C=O) groups excluding carboxylic acids is 2. The molecule has 1 amide bonds. The third-order valence-electron chi connectivity index (χ3n) is 3.39. The van der Waals surface area contributed by atoms with Crippen molar-refractivity contribution in [1.29, 1.82) is 0 Å². The second kappa shape index (κ2) is 6.35. The van der Waals surface area contributed by atoms with Gasteiger partial charge in [-0.05, 0) is 24.6 Å². The molecule has 1 saturated heterocycles. The minimum atomic E-state index is -4.92. The van der Waals surface area contributed by atoms with Crippen LogP contribution < -0.4 is 9.47 Å². The first-order valence-corrected chi connectivity index (χ1v) is 6.59. The summed E-state index contributed by atoms with van der Waals surface area (Å²) in [6, 6.07) is 2.71. The topological polar surface area (TPSA) is 65.1 Å². The monoisotopic (exact) mass is 333 g/mol. The van der Waals surface area contributed by atoms with E-state index in [-0.39, 0.29) is 11.3 Å². The van der Waals surface area contributed by atoms with Gasteiger partial charge in [0.15, 0.2) is 11.5 Å². The Bertz CT molecular complexity index is 617. The van der Waals surface area contributed by atoms with E-state index in [0.717, 1.165) is 6.07 Å². The number of halogens is 3. The molecule has 1 atom stereocenters. The Morgan fingerprint density at radius 1 is 1.22 bits per heavy atom. The Balaban J connectivity index is 2.24. The summed E-state index contributed by atoms with van der Waals surface area (Å²) in [5.41, 5.74) is -0.0429. The molecule has 2 rings (SSSR count). The highest BCUT2D eigenvalue weighted by molar-refractivity contribution is 5.98. The molecule has 1 heterocycles. The smallest absolute Gasteiger partial charge is 0.493 e. The largest absolute Gasteiger partial charge is 0.573 e. The van der Waals surface area contributed by atoms with Crippen molar-refractivity contribution < 1.29 is 37.0 Å². The minimum absolute atomic E-state index is 0.0429. The lowest BCUT2D eigenvalue weighted by atomic mass is 10.0. The fraction of sp³-hybridized carbons (Fsp3) is 0.429. The Kier molecular flexibility index (Phi) is 4.67. The fourth-order valence-electron chi connectivity index (χ4n) is 2.19. The molecule has 0 spiro atoms. The molecule has 23 heavy (non-hydrogen) atoms. The van der Waals surface area contributed by atoms with Crippen LogP contribution in [-0.4, -0.2) is 49.9 Å². The first-order chi connectivity index (χ1) is 10.8. The van der Waals surface area contributed by atoms with E-state index in [4.69, 9.17) is 4.74 Å². The van der Waals surface area contributed by atoms with E-state index in [9.17, 15) is 22.8 Å². The number of hydrogen-bond donors (Lipinski definition) is 0. The molecule has 1 fully saturated rings. The number of rotatable bonds is 4. The second-order valence-electron chi connectivity index (χ2n) is 4.74. The van der Waals surface area contributed by atoms with Gasteiger partial charge in [-0.3, -0.25) is 4.79 Å². The van der Waals surface area contributed by atoms with Crippen LogP contribution in [0.3, 0.4) is 0 Å². The van der Waals surface area contributed by atoms with E-state index in [1.54, 1.807) is 0 Å². The molecule has 1 aromatic carbocycles. The van der Waals surface area contributed by atoms with E-state index < -0.39 is 30.0 Å². The van der Waals surface area contributed by atoms with E-state index in [0.29, 0.717) is 13.0 Å². The number of hydrogen-bond acceptors (Lipinski definition) is 5. The van der Waals surface area contributed by atoms with Crippen molar-refractivity contribution in [2.45, 2.75) is 18.8 Å². The summed E-state index contributed by atoms with van der Waals surface area (Å²) in [5.74, 6) is -1.93. The number of amides is 1. The van der Waals surface area contributed by atoms with Crippen LogP contribution in [0.2, 0.25) is 0 Å². The molecule has 1 aromatic rings. The second-order valence-corrected chi connectivity index (χ2v) is 4.74. The highest BCUT2D eigenvalue weighted by Gasteiger charge is 2.39. The Morgan fingerprint density at radius 2 is 1.91 bits per heavy atom. The number of likely N-dealkylation sites (tertiary alicyclic amines) is 1. The number of alkyl halides is 3. The number of methoxy groups -OCH3 is 2. The van der Waals surface area contributed by atoms with Crippen LogP contribution in [0.15, 0.2) is 18.2 Å².